The van der Waals surface area contributed by atoms with Gasteiger partial charge in [0.15, 0.2) is 17.5 Å². The third-order valence-electron chi connectivity index (χ3n) is 4.87. The highest BCUT2D eigenvalue weighted by atomic mass is 16.6. The van der Waals surface area contributed by atoms with Crippen molar-refractivity contribution in [2.45, 2.75) is 19.5 Å². The minimum atomic E-state index is -0.516. The Morgan fingerprint density at radius 2 is 1.97 bits per heavy atom. The molecular formula is C20H24N3O6+. The van der Waals surface area contributed by atoms with Crippen LogP contribution in [0.5, 0.6) is 17.2 Å². The summed E-state index contributed by atoms with van der Waals surface area (Å²) in [5.41, 5.74) is 1.16. The lowest BCUT2D eigenvalue weighted by Gasteiger charge is -2.23. The number of nitrogens with zero attached hydrogens (tertiary/aromatic N) is 1. The van der Waals surface area contributed by atoms with Crippen molar-refractivity contribution in [3.63, 3.8) is 0 Å². The Kier molecular flexibility index (Phi) is 6.18. The Hall–Kier alpha value is -3.33. The van der Waals surface area contributed by atoms with E-state index < -0.39 is 11.0 Å². The fourth-order valence-corrected chi connectivity index (χ4v) is 3.04. The van der Waals surface area contributed by atoms with Crippen LogP contribution in [0.1, 0.15) is 12.5 Å². The number of nitrogens with one attached hydrogen (secondary N) is 2. The van der Waals surface area contributed by atoms with E-state index in [4.69, 9.17) is 14.2 Å². The van der Waals surface area contributed by atoms with Crippen LogP contribution >= 0.6 is 0 Å². The molecule has 1 unspecified atom stereocenters. The summed E-state index contributed by atoms with van der Waals surface area (Å²) < 4.78 is 16.3. The molecule has 9 heteroatoms. The second kappa shape index (κ2) is 8.78. The molecule has 1 amide bonds. The van der Waals surface area contributed by atoms with Gasteiger partial charge in [-0.3, -0.25) is 14.9 Å². The number of likely N-dealkylation sites (N-methyl/N-ethyl adjacent to an activating group) is 1. The first-order valence-electron chi connectivity index (χ1n) is 9.23. The van der Waals surface area contributed by atoms with Gasteiger partial charge in [0.1, 0.15) is 25.5 Å². The second-order valence-electron chi connectivity index (χ2n) is 6.85. The maximum absolute atomic E-state index is 12.7. The number of hydrogen-bond donors (Lipinski definition) is 2. The van der Waals surface area contributed by atoms with Crippen LogP contribution in [0.25, 0.3) is 0 Å². The number of quaternary nitrogens is 1. The number of ether oxygens (including phenoxy) is 3. The van der Waals surface area contributed by atoms with Crippen molar-refractivity contribution in [3.05, 3.63) is 52.1 Å². The lowest BCUT2D eigenvalue weighted by Crippen LogP contribution is -3.12. The van der Waals surface area contributed by atoms with Crippen LogP contribution in [0.3, 0.4) is 0 Å². The Morgan fingerprint density at radius 3 is 2.66 bits per heavy atom. The molecule has 0 aromatic heterocycles. The third-order valence-corrected chi connectivity index (χ3v) is 4.87. The Labute approximate surface area is 168 Å². The van der Waals surface area contributed by atoms with E-state index in [0.717, 1.165) is 16.2 Å². The first kappa shape index (κ1) is 20.4. The predicted molar refractivity (Wildman–Crippen MR) is 106 cm³/mol. The van der Waals surface area contributed by atoms with Gasteiger partial charge in [-0.25, -0.2) is 0 Å². The average molecular weight is 402 g/mol. The quantitative estimate of drug-likeness (QED) is 0.536. The number of carbonyl (C=O) groups excluding carboxylic acids is 1. The minimum Gasteiger partial charge on any atom is -0.495 e. The molecule has 0 radical (unpaired) electrons. The SMILES string of the molecule is COc1ccc([N+](=O)[O-])cc1NC(=O)[C@@H](C)[NH+](C)Cc1ccc2c(c1)OCCO2. The molecule has 2 aromatic carbocycles. The zero-order chi connectivity index (χ0) is 21.0. The number of nitro benzene ring substituents is 1. The van der Waals surface area contributed by atoms with Crippen LogP contribution in [-0.2, 0) is 11.3 Å². The van der Waals surface area contributed by atoms with E-state index in [9.17, 15) is 14.9 Å². The third kappa shape index (κ3) is 4.75. The number of rotatable bonds is 7. The standard InChI is InChI=1S/C20H23N3O6/c1-13(20(24)21-16-11-15(23(25)26)5-7-17(16)27-3)22(2)12-14-4-6-18-19(10-14)29-9-8-28-18/h4-7,10-11,13H,8-9,12H2,1-3H3,(H,21,24)/p+1/t13-/m1/s1. The van der Waals surface area contributed by atoms with Crippen LogP contribution in [-0.4, -0.2) is 44.2 Å². The molecule has 29 heavy (non-hydrogen) atoms. The lowest BCUT2D eigenvalue weighted by atomic mass is 10.1. The number of fused-ring (bicyclic) bond motifs is 1. The van der Waals surface area contributed by atoms with Crippen LogP contribution in [0.4, 0.5) is 11.4 Å². The van der Waals surface area contributed by atoms with Gasteiger partial charge in [0.2, 0.25) is 0 Å². The van der Waals surface area contributed by atoms with Crippen LogP contribution in [0, 0.1) is 10.1 Å². The number of anilines is 1. The largest absolute Gasteiger partial charge is 0.495 e. The van der Waals surface area contributed by atoms with E-state index >= 15 is 0 Å². The maximum Gasteiger partial charge on any atom is 0.282 e. The fourth-order valence-electron chi connectivity index (χ4n) is 3.04. The highest BCUT2D eigenvalue weighted by Crippen LogP contribution is 2.31. The smallest absolute Gasteiger partial charge is 0.282 e. The molecule has 1 aliphatic heterocycles. The molecule has 1 aliphatic rings. The number of non-ortho nitro benzene ring substituents is 1. The number of methoxy groups -OCH3 is 1. The maximum atomic E-state index is 12.7. The molecular weight excluding hydrogens is 378 g/mol. The zero-order valence-electron chi connectivity index (χ0n) is 16.6. The van der Waals surface area contributed by atoms with Crippen molar-refractivity contribution >= 4 is 17.3 Å². The van der Waals surface area contributed by atoms with Crippen molar-refractivity contribution < 1.29 is 28.8 Å². The number of amides is 1. The van der Waals surface area contributed by atoms with E-state index in [0.29, 0.717) is 31.3 Å². The molecule has 2 N–H and O–H groups in total. The summed E-state index contributed by atoms with van der Waals surface area (Å²) in [6.07, 6.45) is 0. The monoisotopic (exact) mass is 402 g/mol. The van der Waals surface area contributed by atoms with Crippen molar-refractivity contribution in [1.82, 2.24) is 0 Å². The molecule has 2 atom stereocenters. The van der Waals surface area contributed by atoms with Gasteiger partial charge < -0.3 is 24.4 Å². The summed E-state index contributed by atoms with van der Waals surface area (Å²) in [5.74, 6) is 1.53. The number of hydrogen-bond acceptors (Lipinski definition) is 6. The van der Waals surface area contributed by atoms with Crippen molar-refractivity contribution in [2.24, 2.45) is 0 Å². The normalized spacial score (nSPS) is 14.6. The highest BCUT2D eigenvalue weighted by molar-refractivity contribution is 5.95. The molecule has 0 bridgehead atoms. The van der Waals surface area contributed by atoms with Gasteiger partial charge in [0.25, 0.3) is 11.6 Å². The van der Waals surface area contributed by atoms with Gasteiger partial charge in [-0.2, -0.15) is 0 Å². The molecule has 0 saturated heterocycles. The summed E-state index contributed by atoms with van der Waals surface area (Å²) in [4.78, 5) is 24.2. The van der Waals surface area contributed by atoms with Gasteiger partial charge in [-0.1, -0.05) is 0 Å². The number of benzene rings is 2. The van der Waals surface area contributed by atoms with Gasteiger partial charge in [0, 0.05) is 17.7 Å². The summed E-state index contributed by atoms with van der Waals surface area (Å²) in [7, 11) is 3.35. The van der Waals surface area contributed by atoms with E-state index in [2.05, 4.69) is 5.32 Å². The zero-order valence-corrected chi connectivity index (χ0v) is 16.6. The summed E-state index contributed by atoms with van der Waals surface area (Å²) >= 11 is 0. The van der Waals surface area contributed by atoms with Crippen molar-refractivity contribution in [1.29, 1.82) is 0 Å². The van der Waals surface area contributed by atoms with E-state index in [1.165, 1.54) is 25.3 Å². The molecule has 3 rings (SSSR count). The Balaban J connectivity index is 1.68. The van der Waals surface area contributed by atoms with Crippen LogP contribution < -0.4 is 24.4 Å². The van der Waals surface area contributed by atoms with Gasteiger partial charge in [-0.15, -0.1) is 0 Å². The van der Waals surface area contributed by atoms with Crippen LogP contribution in [0.2, 0.25) is 0 Å². The summed E-state index contributed by atoms with van der Waals surface area (Å²) in [6.45, 7) is 3.45. The Bertz CT molecular complexity index is 917. The summed E-state index contributed by atoms with van der Waals surface area (Å²) in [6, 6.07) is 9.42. The highest BCUT2D eigenvalue weighted by Gasteiger charge is 2.24. The van der Waals surface area contributed by atoms with E-state index in [1.807, 2.05) is 25.2 Å². The topological polar surface area (TPSA) is 104 Å². The molecule has 0 saturated carbocycles. The average Bonchev–Trinajstić information content (AvgIpc) is 2.72. The molecule has 1 heterocycles. The van der Waals surface area contributed by atoms with Gasteiger partial charge in [0.05, 0.1) is 24.8 Å². The molecule has 0 aliphatic carbocycles. The van der Waals surface area contributed by atoms with E-state index in [1.54, 1.807) is 6.92 Å². The van der Waals surface area contributed by atoms with Crippen molar-refractivity contribution in [3.8, 4) is 17.2 Å². The molecule has 154 valence electrons. The van der Waals surface area contributed by atoms with Gasteiger partial charge >= 0.3 is 0 Å². The molecule has 2 aromatic rings. The predicted octanol–water partition coefficient (Wildman–Crippen LogP) is 1.42. The first-order valence-corrected chi connectivity index (χ1v) is 9.23. The molecule has 0 spiro atoms. The minimum absolute atomic E-state index is 0.120. The molecule has 9 nitrogen and oxygen atoms in total. The van der Waals surface area contributed by atoms with Gasteiger partial charge in [-0.05, 0) is 31.2 Å². The summed E-state index contributed by atoms with van der Waals surface area (Å²) in [5, 5.41) is 13.8. The lowest BCUT2D eigenvalue weighted by molar-refractivity contribution is -0.907. The van der Waals surface area contributed by atoms with E-state index in [-0.39, 0.29) is 17.3 Å². The second-order valence-corrected chi connectivity index (χ2v) is 6.85. The first-order chi connectivity index (χ1) is 13.9. The molecule has 0 fully saturated rings. The number of nitro groups is 1. The fraction of sp³-hybridized carbons (Fsp3) is 0.350. The number of carbonyl (C=O) groups is 1. The Morgan fingerprint density at radius 1 is 1.24 bits per heavy atom. The van der Waals surface area contributed by atoms with Crippen LogP contribution in [0.15, 0.2) is 36.4 Å². The van der Waals surface area contributed by atoms with Crippen molar-refractivity contribution in [2.75, 3.05) is 32.7 Å².